The SMILES string of the molecule is CC(C)(C)C(=O)/C=C1\SCC(=O)N1CCOc1ccc(Br)cc1. The zero-order valence-corrected chi connectivity index (χ0v) is 15.9. The Morgan fingerprint density at radius 3 is 2.61 bits per heavy atom. The van der Waals surface area contributed by atoms with E-state index in [2.05, 4.69) is 15.9 Å². The van der Waals surface area contributed by atoms with Crippen LogP contribution in [-0.4, -0.2) is 35.5 Å². The van der Waals surface area contributed by atoms with Gasteiger partial charge in [-0.3, -0.25) is 9.59 Å². The van der Waals surface area contributed by atoms with E-state index in [-0.39, 0.29) is 11.7 Å². The summed E-state index contributed by atoms with van der Waals surface area (Å²) in [5.41, 5.74) is -0.446. The molecule has 1 amide bonds. The summed E-state index contributed by atoms with van der Waals surface area (Å²) < 4.78 is 6.64. The van der Waals surface area contributed by atoms with Gasteiger partial charge in [-0.2, -0.15) is 0 Å². The fourth-order valence-electron chi connectivity index (χ4n) is 1.88. The van der Waals surface area contributed by atoms with Crippen LogP contribution >= 0.6 is 27.7 Å². The number of rotatable bonds is 5. The second-order valence-corrected chi connectivity index (χ2v) is 8.14. The van der Waals surface area contributed by atoms with Crippen molar-refractivity contribution in [3.05, 3.63) is 39.8 Å². The van der Waals surface area contributed by atoms with Gasteiger partial charge in [-0.15, -0.1) is 0 Å². The Bertz CT molecular complexity index is 620. The normalized spacial score (nSPS) is 17.0. The van der Waals surface area contributed by atoms with E-state index in [1.807, 2.05) is 45.0 Å². The summed E-state index contributed by atoms with van der Waals surface area (Å²) in [6.45, 7) is 6.43. The number of hydrogen-bond donors (Lipinski definition) is 0. The fourth-order valence-corrected chi connectivity index (χ4v) is 3.11. The average molecular weight is 398 g/mol. The molecule has 0 spiro atoms. The lowest BCUT2D eigenvalue weighted by Gasteiger charge is -2.19. The molecule has 1 aliphatic heterocycles. The van der Waals surface area contributed by atoms with Gasteiger partial charge in [0.1, 0.15) is 12.4 Å². The number of carbonyl (C=O) groups is 2. The van der Waals surface area contributed by atoms with Crippen molar-refractivity contribution in [2.75, 3.05) is 18.9 Å². The van der Waals surface area contributed by atoms with Gasteiger partial charge in [0.15, 0.2) is 5.78 Å². The highest BCUT2D eigenvalue weighted by atomic mass is 79.9. The zero-order valence-electron chi connectivity index (χ0n) is 13.5. The van der Waals surface area contributed by atoms with Gasteiger partial charge in [-0.05, 0) is 24.3 Å². The third-order valence-corrected chi connectivity index (χ3v) is 4.86. The minimum atomic E-state index is -0.446. The quantitative estimate of drug-likeness (QED) is 0.707. The van der Waals surface area contributed by atoms with Crippen LogP contribution in [0.2, 0.25) is 0 Å². The maximum atomic E-state index is 12.1. The summed E-state index contributed by atoms with van der Waals surface area (Å²) in [7, 11) is 0. The molecule has 124 valence electrons. The lowest BCUT2D eigenvalue weighted by molar-refractivity contribution is -0.125. The van der Waals surface area contributed by atoms with E-state index in [1.165, 1.54) is 11.8 Å². The van der Waals surface area contributed by atoms with Crippen LogP contribution in [0.4, 0.5) is 0 Å². The summed E-state index contributed by atoms with van der Waals surface area (Å²) in [5.74, 6) is 1.17. The van der Waals surface area contributed by atoms with Crippen LogP contribution < -0.4 is 4.74 Å². The summed E-state index contributed by atoms with van der Waals surface area (Å²) >= 11 is 4.78. The molecule has 0 aliphatic carbocycles. The van der Waals surface area contributed by atoms with E-state index in [4.69, 9.17) is 4.74 Å². The molecule has 6 heteroatoms. The highest BCUT2D eigenvalue weighted by molar-refractivity contribution is 9.10. The largest absolute Gasteiger partial charge is 0.492 e. The molecule has 1 aromatic carbocycles. The predicted molar refractivity (Wildman–Crippen MR) is 96.4 cm³/mol. The van der Waals surface area contributed by atoms with E-state index in [9.17, 15) is 9.59 Å². The van der Waals surface area contributed by atoms with Crippen LogP contribution in [-0.2, 0) is 9.59 Å². The van der Waals surface area contributed by atoms with Crippen molar-refractivity contribution in [1.82, 2.24) is 4.90 Å². The van der Waals surface area contributed by atoms with Crippen LogP contribution in [0.3, 0.4) is 0 Å². The molecule has 0 radical (unpaired) electrons. The molecule has 1 saturated heterocycles. The number of halogens is 1. The van der Waals surface area contributed by atoms with Gasteiger partial charge in [-0.1, -0.05) is 48.5 Å². The number of thioether (sulfide) groups is 1. The first-order chi connectivity index (χ1) is 10.8. The average Bonchev–Trinajstić information content (AvgIpc) is 2.81. The van der Waals surface area contributed by atoms with Gasteiger partial charge >= 0.3 is 0 Å². The Morgan fingerprint density at radius 1 is 1.35 bits per heavy atom. The lowest BCUT2D eigenvalue weighted by atomic mass is 9.91. The molecule has 4 nitrogen and oxygen atoms in total. The topological polar surface area (TPSA) is 46.6 Å². The molecular formula is C17H20BrNO3S. The van der Waals surface area contributed by atoms with Crippen molar-refractivity contribution >= 4 is 39.4 Å². The predicted octanol–water partition coefficient (Wildman–Crippen LogP) is 3.86. The second-order valence-electron chi connectivity index (χ2n) is 6.23. The first kappa shape index (κ1) is 18.1. The van der Waals surface area contributed by atoms with Gasteiger partial charge in [-0.25, -0.2) is 0 Å². The van der Waals surface area contributed by atoms with Crippen LogP contribution in [0.15, 0.2) is 39.8 Å². The Morgan fingerprint density at radius 2 is 2.00 bits per heavy atom. The molecule has 0 aromatic heterocycles. The summed E-state index contributed by atoms with van der Waals surface area (Å²) in [6.07, 6.45) is 1.58. The Hall–Kier alpha value is -1.27. The minimum absolute atomic E-state index is 0.0161. The van der Waals surface area contributed by atoms with Crippen LogP contribution in [0, 0.1) is 5.41 Å². The maximum absolute atomic E-state index is 12.1. The highest BCUT2D eigenvalue weighted by Gasteiger charge is 2.29. The Labute approximate surface area is 149 Å². The molecule has 1 aliphatic rings. The third kappa shape index (κ3) is 5.11. The van der Waals surface area contributed by atoms with Crippen molar-refractivity contribution in [2.45, 2.75) is 20.8 Å². The first-order valence-corrected chi connectivity index (χ1v) is 9.13. The number of nitrogens with zero attached hydrogens (tertiary/aromatic N) is 1. The van der Waals surface area contributed by atoms with E-state index in [0.717, 1.165) is 10.2 Å². The summed E-state index contributed by atoms with van der Waals surface area (Å²) in [4.78, 5) is 25.8. The maximum Gasteiger partial charge on any atom is 0.237 e. The fraction of sp³-hybridized carbons (Fsp3) is 0.412. The first-order valence-electron chi connectivity index (χ1n) is 7.35. The molecule has 23 heavy (non-hydrogen) atoms. The second kappa shape index (κ2) is 7.53. The number of ketones is 1. The van der Waals surface area contributed by atoms with Gasteiger partial charge in [0, 0.05) is 16.0 Å². The van der Waals surface area contributed by atoms with E-state index >= 15 is 0 Å². The number of ether oxygens (including phenoxy) is 1. The Balaban J connectivity index is 1.96. The van der Waals surface area contributed by atoms with Crippen molar-refractivity contribution < 1.29 is 14.3 Å². The molecule has 1 fully saturated rings. The van der Waals surface area contributed by atoms with Crippen LogP contribution in [0.25, 0.3) is 0 Å². The smallest absolute Gasteiger partial charge is 0.237 e. The molecular weight excluding hydrogens is 378 g/mol. The molecule has 2 rings (SSSR count). The number of benzene rings is 1. The van der Waals surface area contributed by atoms with E-state index < -0.39 is 5.41 Å². The molecule has 0 unspecified atom stereocenters. The standard InChI is InChI=1S/C17H20BrNO3S/c1-17(2,3)14(20)10-16-19(15(21)11-23-16)8-9-22-13-6-4-12(18)5-7-13/h4-7,10H,8-9,11H2,1-3H3/b16-10-. The molecule has 0 saturated carbocycles. The van der Waals surface area contributed by atoms with E-state index in [1.54, 1.807) is 11.0 Å². The van der Waals surface area contributed by atoms with Gasteiger partial charge < -0.3 is 9.64 Å². The van der Waals surface area contributed by atoms with Gasteiger partial charge in [0.25, 0.3) is 0 Å². The van der Waals surface area contributed by atoms with Gasteiger partial charge in [0.05, 0.1) is 17.3 Å². The van der Waals surface area contributed by atoms with Crippen molar-refractivity contribution in [1.29, 1.82) is 0 Å². The monoisotopic (exact) mass is 397 g/mol. The zero-order chi connectivity index (χ0) is 17.0. The minimum Gasteiger partial charge on any atom is -0.492 e. The third-order valence-electron chi connectivity index (χ3n) is 3.30. The molecule has 1 heterocycles. The van der Waals surface area contributed by atoms with E-state index in [0.29, 0.717) is 23.9 Å². The summed E-state index contributed by atoms with van der Waals surface area (Å²) in [6, 6.07) is 7.54. The summed E-state index contributed by atoms with van der Waals surface area (Å²) in [5, 5.41) is 0.717. The van der Waals surface area contributed by atoms with Crippen molar-refractivity contribution in [3.8, 4) is 5.75 Å². The number of amides is 1. The van der Waals surface area contributed by atoms with Crippen LogP contribution in [0.1, 0.15) is 20.8 Å². The number of hydrogen-bond acceptors (Lipinski definition) is 4. The molecule has 0 atom stereocenters. The molecule has 1 aromatic rings. The number of carbonyl (C=O) groups excluding carboxylic acids is 2. The Kier molecular flexibility index (Phi) is 5.92. The number of allylic oxidation sites excluding steroid dienone is 1. The van der Waals surface area contributed by atoms with Crippen LogP contribution in [0.5, 0.6) is 5.75 Å². The lowest BCUT2D eigenvalue weighted by Crippen LogP contribution is -2.30. The highest BCUT2D eigenvalue weighted by Crippen LogP contribution is 2.30. The van der Waals surface area contributed by atoms with Gasteiger partial charge in [0.2, 0.25) is 5.91 Å². The van der Waals surface area contributed by atoms with Crippen molar-refractivity contribution in [3.63, 3.8) is 0 Å². The van der Waals surface area contributed by atoms with Crippen molar-refractivity contribution in [2.24, 2.45) is 5.41 Å². The molecule has 0 bridgehead atoms. The molecule has 0 N–H and O–H groups in total.